The largest absolute Gasteiger partial charge is 0.480 e. The Morgan fingerprint density at radius 1 is 0.794 bits per heavy atom. The maximum Gasteiger partial charge on any atom is 0.326 e. The van der Waals surface area contributed by atoms with Crippen molar-refractivity contribution in [2.24, 2.45) is 17.2 Å². The highest BCUT2D eigenvalue weighted by Crippen LogP contribution is 2.05. The van der Waals surface area contributed by atoms with Crippen molar-refractivity contribution in [3.8, 4) is 0 Å². The summed E-state index contributed by atoms with van der Waals surface area (Å²) in [5.74, 6) is -6.00. The zero-order valence-electron chi connectivity index (χ0n) is 18.1. The second kappa shape index (κ2) is 13.8. The van der Waals surface area contributed by atoms with Crippen molar-refractivity contribution in [3.63, 3.8) is 0 Å². The Morgan fingerprint density at radius 3 is 1.79 bits per heavy atom. The van der Waals surface area contributed by atoms with E-state index in [1.165, 1.54) is 0 Å². The molecular formula is C20H28N6O7S. The van der Waals surface area contributed by atoms with Crippen molar-refractivity contribution in [2.45, 2.75) is 43.4 Å². The second-order valence-electron chi connectivity index (χ2n) is 7.34. The number of amides is 5. The molecule has 14 heteroatoms. The molecule has 0 aliphatic heterocycles. The lowest BCUT2D eigenvalue weighted by Gasteiger charge is -2.24. The molecule has 0 aromatic heterocycles. The Kier molecular flexibility index (Phi) is 11.5. The number of benzene rings is 1. The van der Waals surface area contributed by atoms with Crippen LogP contribution in [0.2, 0.25) is 0 Å². The van der Waals surface area contributed by atoms with Gasteiger partial charge < -0.3 is 38.3 Å². The van der Waals surface area contributed by atoms with Crippen LogP contribution in [0.25, 0.3) is 0 Å². The number of carbonyl (C=O) groups is 6. The van der Waals surface area contributed by atoms with Gasteiger partial charge in [-0.05, 0) is 5.56 Å². The van der Waals surface area contributed by atoms with E-state index in [0.29, 0.717) is 5.56 Å². The summed E-state index contributed by atoms with van der Waals surface area (Å²) < 4.78 is 0. The predicted octanol–water partition coefficient (Wildman–Crippen LogP) is -3.22. The topological polar surface area (TPSA) is 237 Å². The van der Waals surface area contributed by atoms with Crippen LogP contribution in [0.1, 0.15) is 18.4 Å². The van der Waals surface area contributed by atoms with E-state index < -0.39 is 72.5 Å². The lowest BCUT2D eigenvalue weighted by atomic mass is 10.0. The summed E-state index contributed by atoms with van der Waals surface area (Å²) in [4.78, 5) is 71.1. The number of carboxylic acids is 1. The van der Waals surface area contributed by atoms with Crippen LogP contribution in [-0.4, -0.2) is 70.5 Å². The monoisotopic (exact) mass is 496 g/mol. The highest BCUT2D eigenvalue weighted by atomic mass is 32.1. The van der Waals surface area contributed by atoms with Crippen LogP contribution in [0.4, 0.5) is 0 Å². The van der Waals surface area contributed by atoms with Gasteiger partial charge in [0.1, 0.15) is 18.1 Å². The lowest BCUT2D eigenvalue weighted by molar-refractivity contribution is -0.143. The summed E-state index contributed by atoms with van der Waals surface area (Å²) in [6.07, 6.45) is -1.08. The first-order valence-corrected chi connectivity index (χ1v) is 10.7. The zero-order valence-corrected chi connectivity index (χ0v) is 19.0. The van der Waals surface area contributed by atoms with E-state index in [0.717, 1.165) is 0 Å². The number of rotatable bonds is 14. The molecule has 0 radical (unpaired) electrons. The van der Waals surface area contributed by atoms with Crippen LogP contribution >= 0.6 is 12.6 Å². The van der Waals surface area contributed by atoms with Crippen molar-refractivity contribution in [1.29, 1.82) is 0 Å². The minimum absolute atomic E-state index is 0.0159. The summed E-state index contributed by atoms with van der Waals surface area (Å²) in [5, 5.41) is 16.1. The third kappa shape index (κ3) is 9.87. The van der Waals surface area contributed by atoms with Crippen LogP contribution < -0.4 is 33.2 Å². The molecule has 1 rings (SSSR count). The number of carboxylic acid groups (broad SMARTS) is 1. The number of aliphatic carboxylic acids is 1. The molecule has 186 valence electrons. The van der Waals surface area contributed by atoms with E-state index in [-0.39, 0.29) is 12.2 Å². The number of primary amides is 2. The van der Waals surface area contributed by atoms with Crippen molar-refractivity contribution in [1.82, 2.24) is 16.0 Å². The van der Waals surface area contributed by atoms with E-state index in [1.807, 2.05) is 0 Å². The average molecular weight is 497 g/mol. The molecule has 1 aromatic rings. The summed E-state index contributed by atoms with van der Waals surface area (Å²) in [6, 6.07) is 3.21. The Labute approximate surface area is 200 Å². The van der Waals surface area contributed by atoms with E-state index in [4.69, 9.17) is 22.3 Å². The minimum atomic E-state index is -1.60. The molecule has 4 atom stereocenters. The van der Waals surface area contributed by atoms with Gasteiger partial charge in [-0.25, -0.2) is 4.79 Å². The maximum absolute atomic E-state index is 12.9. The van der Waals surface area contributed by atoms with Crippen LogP contribution in [-0.2, 0) is 35.2 Å². The van der Waals surface area contributed by atoms with E-state index in [2.05, 4.69) is 28.6 Å². The lowest BCUT2D eigenvalue weighted by Crippen LogP contribution is -2.58. The first-order valence-electron chi connectivity index (χ1n) is 10.1. The smallest absolute Gasteiger partial charge is 0.326 e. The number of nitrogens with two attached hydrogens (primary N) is 3. The van der Waals surface area contributed by atoms with Gasteiger partial charge in [0, 0.05) is 12.2 Å². The highest BCUT2D eigenvalue weighted by Gasteiger charge is 2.30. The molecule has 0 fully saturated rings. The normalized spacial score (nSPS) is 14.1. The van der Waals surface area contributed by atoms with Gasteiger partial charge >= 0.3 is 5.97 Å². The molecule has 4 unspecified atom stereocenters. The van der Waals surface area contributed by atoms with Crippen LogP contribution in [0.15, 0.2) is 30.3 Å². The summed E-state index contributed by atoms with van der Waals surface area (Å²) in [5.41, 5.74) is 16.4. The number of carbonyl (C=O) groups excluding carboxylic acids is 5. The Bertz CT molecular complexity index is 914. The van der Waals surface area contributed by atoms with Crippen molar-refractivity contribution in [2.75, 3.05) is 5.75 Å². The fraction of sp³-hybridized carbons (Fsp3) is 0.400. The number of hydrogen-bond acceptors (Lipinski definition) is 8. The summed E-state index contributed by atoms with van der Waals surface area (Å²) >= 11 is 4.01. The molecule has 0 heterocycles. The Balaban J connectivity index is 2.99. The molecule has 0 saturated carbocycles. The van der Waals surface area contributed by atoms with Crippen molar-refractivity contribution >= 4 is 48.1 Å². The van der Waals surface area contributed by atoms with Crippen LogP contribution in [0.5, 0.6) is 0 Å². The molecule has 0 aliphatic rings. The number of hydrogen-bond donors (Lipinski definition) is 8. The molecule has 34 heavy (non-hydrogen) atoms. The molecule has 0 spiro atoms. The van der Waals surface area contributed by atoms with E-state index in [9.17, 15) is 28.8 Å². The Hall–Kier alpha value is -3.65. The molecule has 0 aliphatic carbocycles. The fourth-order valence-corrected chi connectivity index (χ4v) is 3.04. The Morgan fingerprint density at radius 2 is 1.29 bits per heavy atom. The zero-order chi connectivity index (χ0) is 25.8. The van der Waals surface area contributed by atoms with Gasteiger partial charge in [0.25, 0.3) is 0 Å². The fourth-order valence-electron chi connectivity index (χ4n) is 2.79. The molecule has 5 amide bonds. The second-order valence-corrected chi connectivity index (χ2v) is 7.71. The third-order valence-electron chi connectivity index (χ3n) is 4.51. The van der Waals surface area contributed by atoms with Gasteiger partial charge in [-0.3, -0.25) is 24.0 Å². The molecule has 0 bridgehead atoms. The van der Waals surface area contributed by atoms with Gasteiger partial charge in [0.15, 0.2) is 0 Å². The maximum atomic E-state index is 12.9. The SMILES string of the molecule is NC(=O)CC(N)C(=O)NC(Cc1ccccc1)C(=O)NC(CS)C(=O)NC(CC(N)=O)C(=O)O. The van der Waals surface area contributed by atoms with Gasteiger partial charge in [0.05, 0.1) is 18.9 Å². The predicted molar refractivity (Wildman–Crippen MR) is 123 cm³/mol. The van der Waals surface area contributed by atoms with E-state index >= 15 is 0 Å². The van der Waals surface area contributed by atoms with Gasteiger partial charge in [0.2, 0.25) is 29.5 Å². The van der Waals surface area contributed by atoms with Crippen molar-refractivity contribution < 1.29 is 33.9 Å². The summed E-state index contributed by atoms with van der Waals surface area (Å²) in [7, 11) is 0. The quantitative estimate of drug-likeness (QED) is 0.122. The molecule has 1 aromatic carbocycles. The van der Waals surface area contributed by atoms with Gasteiger partial charge in [-0.1, -0.05) is 30.3 Å². The first-order chi connectivity index (χ1) is 15.9. The van der Waals surface area contributed by atoms with E-state index in [1.54, 1.807) is 30.3 Å². The number of nitrogens with one attached hydrogen (secondary N) is 3. The van der Waals surface area contributed by atoms with Crippen LogP contribution in [0.3, 0.4) is 0 Å². The molecule has 0 saturated heterocycles. The molecule has 10 N–H and O–H groups in total. The molecule has 13 nitrogen and oxygen atoms in total. The van der Waals surface area contributed by atoms with Gasteiger partial charge in [-0.15, -0.1) is 0 Å². The molecular weight excluding hydrogens is 468 g/mol. The minimum Gasteiger partial charge on any atom is -0.480 e. The van der Waals surface area contributed by atoms with Crippen molar-refractivity contribution in [3.05, 3.63) is 35.9 Å². The standard InChI is InChI=1S/C20H28N6O7S/c21-11(7-15(22)27)17(29)24-12(6-10-4-2-1-3-5-10)18(30)26-14(9-34)19(31)25-13(20(32)33)8-16(23)28/h1-5,11-14,34H,6-9,21H2,(H2,22,27)(H2,23,28)(H,24,29)(H,25,31)(H,26,30)(H,32,33). The summed E-state index contributed by atoms with van der Waals surface area (Å²) in [6.45, 7) is 0. The highest BCUT2D eigenvalue weighted by molar-refractivity contribution is 7.80. The van der Waals surface area contributed by atoms with Crippen LogP contribution in [0, 0.1) is 0 Å². The average Bonchev–Trinajstić information content (AvgIpc) is 2.75. The van der Waals surface area contributed by atoms with Gasteiger partial charge in [-0.2, -0.15) is 12.6 Å². The third-order valence-corrected chi connectivity index (χ3v) is 4.87. The number of thiol groups is 1. The first kappa shape index (κ1) is 28.4.